The molecule has 0 aromatic heterocycles. The summed E-state index contributed by atoms with van der Waals surface area (Å²) in [5, 5.41) is 9.36. The number of nitrogens with one attached hydrogen (secondary N) is 1. The van der Waals surface area contributed by atoms with E-state index in [9.17, 15) is 8.42 Å². The van der Waals surface area contributed by atoms with Crippen LogP contribution in [0.3, 0.4) is 0 Å². The van der Waals surface area contributed by atoms with E-state index in [1.807, 2.05) is 6.92 Å². The Labute approximate surface area is 130 Å². The average Bonchev–Trinajstić information content (AvgIpc) is 2.48. The molecule has 1 aliphatic rings. The first-order valence-electron chi connectivity index (χ1n) is 6.92. The minimum absolute atomic E-state index is 0.000535. The molecule has 0 amide bonds. The Morgan fingerprint density at radius 2 is 1.90 bits per heavy atom. The maximum Gasteiger partial charge on any atom is 0.243 e. The van der Waals surface area contributed by atoms with Crippen molar-refractivity contribution in [3.63, 3.8) is 0 Å². The van der Waals surface area contributed by atoms with E-state index in [1.54, 1.807) is 12.1 Å². The van der Waals surface area contributed by atoms with E-state index in [1.165, 1.54) is 21.3 Å². The lowest BCUT2D eigenvalue weighted by atomic mass is 10.2. The van der Waals surface area contributed by atoms with Crippen molar-refractivity contribution in [2.45, 2.75) is 11.8 Å². The minimum atomic E-state index is -3.44. The maximum atomic E-state index is 12.5. The number of rotatable bonds is 4. The molecule has 21 heavy (non-hydrogen) atoms. The minimum Gasteiger partial charge on any atom is -0.332 e. The van der Waals surface area contributed by atoms with Crippen LogP contribution in [0.5, 0.6) is 0 Å². The summed E-state index contributed by atoms with van der Waals surface area (Å²) in [6, 6.07) is 8.47. The van der Waals surface area contributed by atoms with Crippen molar-refractivity contribution in [3.05, 3.63) is 29.3 Å². The van der Waals surface area contributed by atoms with Gasteiger partial charge in [-0.05, 0) is 31.2 Å². The van der Waals surface area contributed by atoms with Gasteiger partial charge in [-0.15, -0.1) is 0 Å². The van der Waals surface area contributed by atoms with Crippen LogP contribution in [0.1, 0.15) is 6.92 Å². The zero-order chi connectivity index (χ0) is 15.5. The van der Waals surface area contributed by atoms with E-state index >= 15 is 0 Å². The molecule has 0 bridgehead atoms. The normalized spacial score (nSPS) is 19.1. The van der Waals surface area contributed by atoms with Gasteiger partial charge in [0.05, 0.1) is 49.6 Å². The molecule has 2 rings (SSSR count). The van der Waals surface area contributed by atoms with Gasteiger partial charge in [0, 0.05) is 5.02 Å². The van der Waals surface area contributed by atoms with Crippen LogP contribution >= 0.6 is 11.6 Å². The van der Waals surface area contributed by atoms with Gasteiger partial charge in [0.1, 0.15) is 0 Å². The first-order valence-corrected chi connectivity index (χ1v) is 8.74. The van der Waals surface area contributed by atoms with Crippen LogP contribution in [0.2, 0.25) is 5.02 Å². The van der Waals surface area contributed by atoms with Gasteiger partial charge in [0.25, 0.3) is 0 Å². The molecule has 1 heterocycles. The molecule has 0 spiro atoms. The number of halogens is 1. The highest BCUT2D eigenvalue weighted by Gasteiger charge is 2.30. The predicted molar refractivity (Wildman–Crippen MR) is 80.6 cm³/mol. The van der Waals surface area contributed by atoms with E-state index < -0.39 is 10.0 Å². The Morgan fingerprint density at radius 1 is 1.33 bits per heavy atom. The fraction of sp³-hybridized carbons (Fsp3) is 0.500. The highest BCUT2D eigenvalue weighted by atomic mass is 35.5. The summed E-state index contributed by atoms with van der Waals surface area (Å²) in [4.78, 5) is 1.56. The van der Waals surface area contributed by atoms with Crippen molar-refractivity contribution in [2.24, 2.45) is 5.92 Å². The number of nitrogens with zero attached hydrogens (tertiary/aromatic N) is 2. The Balaban J connectivity index is 2.01. The first-order chi connectivity index (χ1) is 9.93. The van der Waals surface area contributed by atoms with Gasteiger partial charge in [-0.1, -0.05) is 11.6 Å². The monoisotopic (exact) mass is 328 g/mol. The van der Waals surface area contributed by atoms with Gasteiger partial charge < -0.3 is 4.90 Å². The second-order valence-electron chi connectivity index (χ2n) is 5.34. The van der Waals surface area contributed by atoms with Gasteiger partial charge in [-0.3, -0.25) is 0 Å². The molecule has 1 aromatic carbocycles. The molecule has 0 unspecified atom stereocenters. The van der Waals surface area contributed by atoms with Crippen molar-refractivity contribution in [3.8, 4) is 6.07 Å². The van der Waals surface area contributed by atoms with E-state index in [-0.39, 0.29) is 10.8 Å². The molecule has 1 N–H and O–H groups in total. The smallest absolute Gasteiger partial charge is 0.243 e. The van der Waals surface area contributed by atoms with E-state index in [0.29, 0.717) is 18.1 Å². The first kappa shape index (κ1) is 16.2. The molecule has 1 fully saturated rings. The third-order valence-corrected chi connectivity index (χ3v) is 5.86. The number of hydrogen-bond acceptors (Lipinski definition) is 3. The van der Waals surface area contributed by atoms with Crippen molar-refractivity contribution in [1.82, 2.24) is 4.31 Å². The molecule has 5 nitrogen and oxygen atoms in total. The highest BCUT2D eigenvalue weighted by Crippen LogP contribution is 2.18. The van der Waals surface area contributed by atoms with Crippen molar-refractivity contribution >= 4 is 21.6 Å². The molecule has 114 valence electrons. The van der Waals surface area contributed by atoms with Crippen LogP contribution < -0.4 is 4.90 Å². The van der Waals surface area contributed by atoms with Crippen LogP contribution in [0.25, 0.3) is 0 Å². The third-order valence-electron chi connectivity index (χ3n) is 3.70. The van der Waals surface area contributed by atoms with Gasteiger partial charge in [0.15, 0.2) is 0 Å². The van der Waals surface area contributed by atoms with Crippen LogP contribution in [0, 0.1) is 17.2 Å². The fourth-order valence-corrected chi connectivity index (χ4v) is 4.05. The molecule has 0 radical (unpaired) electrons. The van der Waals surface area contributed by atoms with E-state index in [0.717, 1.165) is 19.6 Å². The largest absolute Gasteiger partial charge is 0.332 e. The molecule has 0 aliphatic carbocycles. The van der Waals surface area contributed by atoms with Crippen molar-refractivity contribution < 1.29 is 13.3 Å². The van der Waals surface area contributed by atoms with E-state index in [4.69, 9.17) is 16.9 Å². The van der Waals surface area contributed by atoms with Crippen LogP contribution in [-0.4, -0.2) is 45.4 Å². The van der Waals surface area contributed by atoms with Crippen LogP contribution in [0.4, 0.5) is 0 Å². The SMILES string of the molecule is C[C@H](C#N)C[NH+]1CCN(S(=O)(=O)c2ccc(Cl)cc2)CC1. The quantitative estimate of drug-likeness (QED) is 0.869. The molecule has 1 aliphatic heterocycles. The van der Waals surface area contributed by atoms with Gasteiger partial charge >= 0.3 is 0 Å². The Kier molecular flexibility index (Phi) is 5.22. The third kappa shape index (κ3) is 3.95. The second kappa shape index (κ2) is 6.75. The number of sulfonamides is 1. The fourth-order valence-electron chi connectivity index (χ4n) is 2.48. The Morgan fingerprint density at radius 3 is 2.43 bits per heavy atom. The van der Waals surface area contributed by atoms with Gasteiger partial charge in [-0.25, -0.2) is 8.42 Å². The average molecular weight is 329 g/mol. The lowest BCUT2D eigenvalue weighted by Crippen LogP contribution is -3.15. The lowest BCUT2D eigenvalue weighted by molar-refractivity contribution is -0.905. The van der Waals surface area contributed by atoms with E-state index in [2.05, 4.69) is 6.07 Å². The highest BCUT2D eigenvalue weighted by molar-refractivity contribution is 7.89. The number of hydrogen-bond donors (Lipinski definition) is 1. The molecule has 1 aromatic rings. The zero-order valence-electron chi connectivity index (χ0n) is 11.9. The van der Waals surface area contributed by atoms with Crippen molar-refractivity contribution in [1.29, 1.82) is 5.26 Å². The topological polar surface area (TPSA) is 65.6 Å². The lowest BCUT2D eigenvalue weighted by Gasteiger charge is -2.31. The summed E-state index contributed by atoms with van der Waals surface area (Å²) in [7, 11) is -3.44. The van der Waals surface area contributed by atoms with Crippen LogP contribution in [0.15, 0.2) is 29.2 Å². The number of piperazine rings is 1. The number of quaternary nitrogens is 1. The Bertz CT molecular complexity index is 617. The van der Waals surface area contributed by atoms with Gasteiger partial charge in [-0.2, -0.15) is 9.57 Å². The summed E-state index contributed by atoms with van der Waals surface area (Å²) in [5.41, 5.74) is 0. The molecule has 1 saturated heterocycles. The summed E-state index contributed by atoms with van der Waals surface area (Å²) >= 11 is 5.79. The molecular weight excluding hydrogens is 310 g/mol. The van der Waals surface area contributed by atoms with Gasteiger partial charge in [0.2, 0.25) is 10.0 Å². The zero-order valence-corrected chi connectivity index (χ0v) is 13.5. The summed E-state index contributed by atoms with van der Waals surface area (Å²) in [6.45, 7) is 5.10. The molecule has 7 heteroatoms. The second-order valence-corrected chi connectivity index (χ2v) is 7.72. The Hall–Kier alpha value is -1.13. The summed E-state index contributed by atoms with van der Waals surface area (Å²) in [5.74, 6) is -0.000535. The standard InChI is InChI=1S/C14H18ClN3O2S/c1-12(10-16)11-17-6-8-18(9-7-17)21(19,20)14-4-2-13(15)3-5-14/h2-5,12H,6-9,11H2,1H3/p+1/t12-/m1/s1. The maximum absolute atomic E-state index is 12.5. The molecule has 1 atom stereocenters. The number of nitriles is 1. The molecule has 0 saturated carbocycles. The number of benzene rings is 1. The summed E-state index contributed by atoms with van der Waals surface area (Å²) < 4.78 is 26.5. The molecular formula is C14H19ClN3O2S+. The summed E-state index contributed by atoms with van der Waals surface area (Å²) in [6.07, 6.45) is 0. The van der Waals surface area contributed by atoms with Crippen LogP contribution in [-0.2, 0) is 10.0 Å². The van der Waals surface area contributed by atoms with Crippen molar-refractivity contribution in [2.75, 3.05) is 32.7 Å². The predicted octanol–water partition coefficient (Wildman–Crippen LogP) is 0.389.